The van der Waals surface area contributed by atoms with Crippen LogP contribution in [0.3, 0.4) is 0 Å². The normalized spacial score (nSPS) is 15.8. The van der Waals surface area contributed by atoms with Crippen LogP contribution in [0, 0.1) is 0 Å². The third-order valence-corrected chi connectivity index (χ3v) is 4.15. The minimum absolute atomic E-state index is 0.0432. The highest BCUT2D eigenvalue weighted by molar-refractivity contribution is 6.31. The predicted molar refractivity (Wildman–Crippen MR) is 99.3 cm³/mol. The highest BCUT2D eigenvalue weighted by Crippen LogP contribution is 2.29. The van der Waals surface area contributed by atoms with Crippen LogP contribution in [0.25, 0.3) is 17.1 Å². The van der Waals surface area contributed by atoms with Gasteiger partial charge >= 0.3 is 0 Å². The van der Waals surface area contributed by atoms with Crippen LogP contribution >= 0.6 is 0 Å². The largest absolute Gasteiger partial charge is 0.504 e. The van der Waals surface area contributed by atoms with Gasteiger partial charge in [0.15, 0.2) is 11.5 Å². The first-order valence-electron chi connectivity index (χ1n) is 8.00. The summed E-state index contributed by atoms with van der Waals surface area (Å²) in [7, 11) is 1.47. The van der Waals surface area contributed by atoms with E-state index in [1.54, 1.807) is 25.1 Å². The van der Waals surface area contributed by atoms with Gasteiger partial charge in [0.2, 0.25) is 5.95 Å². The van der Waals surface area contributed by atoms with Crippen LogP contribution in [0.15, 0.2) is 53.1 Å². The number of phenols is 1. The maximum atomic E-state index is 12.8. The number of imidazole rings is 1. The molecule has 7 heteroatoms. The van der Waals surface area contributed by atoms with E-state index in [2.05, 4.69) is 15.1 Å². The van der Waals surface area contributed by atoms with Gasteiger partial charge in [0, 0.05) is 0 Å². The Morgan fingerprint density at radius 1 is 1.23 bits per heavy atom. The number of para-hydroxylation sites is 2. The van der Waals surface area contributed by atoms with Crippen LogP contribution in [0.1, 0.15) is 12.5 Å². The number of nitrogens with zero attached hydrogens (tertiary/aromatic N) is 3. The molecule has 2 heterocycles. The summed E-state index contributed by atoms with van der Waals surface area (Å²) in [6.07, 6.45) is 1.71. The lowest BCUT2D eigenvalue weighted by Gasteiger charge is -2.07. The Hall–Kier alpha value is -3.61. The number of nitrogens with one attached hydrogen (secondary N) is 1. The maximum absolute atomic E-state index is 12.8. The van der Waals surface area contributed by atoms with Gasteiger partial charge in [-0.1, -0.05) is 18.2 Å². The molecule has 0 radical (unpaired) electrons. The number of aromatic hydroxyl groups is 1. The lowest BCUT2D eigenvalue weighted by atomic mass is 10.1. The Morgan fingerprint density at radius 2 is 2.04 bits per heavy atom. The number of hydrogen-bond acceptors (Lipinski definition) is 5. The summed E-state index contributed by atoms with van der Waals surface area (Å²) in [4.78, 5) is 20.3. The molecule has 2 N–H and O–H groups in total. The highest BCUT2D eigenvalue weighted by Gasteiger charge is 2.30. The number of hydrogen-bond donors (Lipinski definition) is 2. The number of carbonyl (C=O) groups excluding carboxylic acids is 1. The van der Waals surface area contributed by atoms with E-state index in [1.165, 1.54) is 18.2 Å². The molecule has 130 valence electrons. The molecule has 3 aromatic rings. The van der Waals surface area contributed by atoms with Crippen molar-refractivity contribution in [2.24, 2.45) is 5.10 Å². The first kappa shape index (κ1) is 15.9. The van der Waals surface area contributed by atoms with Crippen LogP contribution < -0.4 is 9.75 Å². The fraction of sp³-hybridized carbons (Fsp3) is 0.105. The van der Waals surface area contributed by atoms with Crippen LogP contribution in [-0.4, -0.2) is 33.8 Å². The molecule has 0 saturated heterocycles. The van der Waals surface area contributed by atoms with Crippen molar-refractivity contribution in [2.45, 2.75) is 6.92 Å². The third-order valence-electron chi connectivity index (χ3n) is 4.15. The molecule has 1 amide bonds. The predicted octanol–water partition coefficient (Wildman–Crippen LogP) is 3.08. The Morgan fingerprint density at radius 3 is 2.81 bits per heavy atom. The van der Waals surface area contributed by atoms with Crippen LogP contribution in [0.2, 0.25) is 0 Å². The number of carbonyl (C=O) groups is 1. The Bertz CT molecular complexity index is 1050. The second-order valence-electron chi connectivity index (χ2n) is 5.87. The van der Waals surface area contributed by atoms with Gasteiger partial charge in [0.25, 0.3) is 5.91 Å². The van der Waals surface area contributed by atoms with Crippen molar-refractivity contribution in [3.63, 3.8) is 0 Å². The Labute approximate surface area is 149 Å². The van der Waals surface area contributed by atoms with Crippen molar-refractivity contribution in [3.05, 3.63) is 53.6 Å². The highest BCUT2D eigenvalue weighted by atomic mass is 16.5. The molecule has 1 aliphatic rings. The number of anilines is 1. The maximum Gasteiger partial charge on any atom is 0.283 e. The smallest absolute Gasteiger partial charge is 0.283 e. The number of fused-ring (bicyclic) bond motifs is 1. The quantitative estimate of drug-likeness (QED) is 0.712. The molecular weight excluding hydrogens is 332 g/mol. The van der Waals surface area contributed by atoms with Crippen molar-refractivity contribution in [1.82, 2.24) is 9.97 Å². The van der Waals surface area contributed by atoms with Gasteiger partial charge in [0.1, 0.15) is 0 Å². The standard InChI is InChI=1S/C19H16N4O3/c1-11-13(9-12-7-8-16(24)17(10-12)26-2)18(25)23(22-11)19-20-14-5-3-4-6-15(14)21-19/h3-10,24H,1-2H3,(H,20,21). The molecule has 4 rings (SSSR count). The summed E-state index contributed by atoms with van der Waals surface area (Å²) < 4.78 is 5.11. The monoisotopic (exact) mass is 348 g/mol. The van der Waals surface area contributed by atoms with E-state index in [4.69, 9.17) is 4.74 Å². The summed E-state index contributed by atoms with van der Waals surface area (Å²) >= 11 is 0. The number of aromatic nitrogens is 2. The van der Waals surface area contributed by atoms with Gasteiger partial charge in [0.05, 0.1) is 29.4 Å². The Kier molecular flexibility index (Phi) is 3.69. The average molecular weight is 348 g/mol. The van der Waals surface area contributed by atoms with E-state index in [9.17, 15) is 9.90 Å². The summed E-state index contributed by atoms with van der Waals surface area (Å²) in [5.74, 6) is 0.492. The molecule has 26 heavy (non-hydrogen) atoms. The lowest BCUT2D eigenvalue weighted by molar-refractivity contribution is -0.114. The van der Waals surface area contributed by atoms with Crippen LogP contribution in [-0.2, 0) is 4.79 Å². The molecule has 1 aliphatic heterocycles. The molecule has 0 bridgehead atoms. The zero-order valence-electron chi connectivity index (χ0n) is 14.2. The van der Waals surface area contributed by atoms with Crippen molar-refractivity contribution >= 4 is 34.7 Å². The van der Waals surface area contributed by atoms with Gasteiger partial charge in [-0.15, -0.1) is 0 Å². The topological polar surface area (TPSA) is 90.8 Å². The minimum Gasteiger partial charge on any atom is -0.504 e. The van der Waals surface area contributed by atoms with Gasteiger partial charge in [-0.3, -0.25) is 4.79 Å². The number of benzene rings is 2. The minimum atomic E-state index is -0.270. The van der Waals surface area contributed by atoms with E-state index in [0.29, 0.717) is 23.0 Å². The first-order valence-corrected chi connectivity index (χ1v) is 8.00. The lowest BCUT2D eigenvalue weighted by Crippen LogP contribution is -2.22. The fourth-order valence-corrected chi connectivity index (χ4v) is 2.82. The second-order valence-corrected chi connectivity index (χ2v) is 5.87. The van der Waals surface area contributed by atoms with E-state index in [-0.39, 0.29) is 11.7 Å². The number of H-pyrrole nitrogens is 1. The molecular formula is C19H16N4O3. The molecule has 0 fully saturated rings. The van der Waals surface area contributed by atoms with E-state index >= 15 is 0 Å². The number of methoxy groups -OCH3 is 1. The number of rotatable bonds is 3. The number of aromatic amines is 1. The SMILES string of the molecule is COc1cc(C=C2C(=O)N(c3nc4ccccc4[nH]3)N=C2C)ccc1O. The van der Waals surface area contributed by atoms with Gasteiger partial charge in [-0.05, 0) is 42.8 Å². The molecule has 7 nitrogen and oxygen atoms in total. The first-order chi connectivity index (χ1) is 12.6. The molecule has 2 aromatic carbocycles. The zero-order valence-corrected chi connectivity index (χ0v) is 14.2. The summed E-state index contributed by atoms with van der Waals surface area (Å²) in [5, 5.41) is 15.3. The van der Waals surface area contributed by atoms with Crippen LogP contribution in [0.4, 0.5) is 5.95 Å². The second kappa shape index (κ2) is 6.03. The van der Waals surface area contributed by atoms with Gasteiger partial charge < -0.3 is 14.8 Å². The molecule has 0 saturated carbocycles. The zero-order chi connectivity index (χ0) is 18.3. The molecule has 1 aromatic heterocycles. The number of amides is 1. The number of ether oxygens (including phenoxy) is 1. The van der Waals surface area contributed by atoms with Crippen molar-refractivity contribution in [1.29, 1.82) is 0 Å². The van der Waals surface area contributed by atoms with Gasteiger partial charge in [-0.2, -0.15) is 10.1 Å². The summed E-state index contributed by atoms with van der Waals surface area (Å²) in [5.41, 5.74) is 3.37. The van der Waals surface area contributed by atoms with E-state index < -0.39 is 0 Å². The van der Waals surface area contributed by atoms with Crippen molar-refractivity contribution in [2.75, 3.05) is 12.1 Å². The molecule has 0 spiro atoms. The number of hydrazone groups is 1. The van der Waals surface area contributed by atoms with Crippen molar-refractivity contribution < 1.29 is 14.6 Å². The van der Waals surface area contributed by atoms with E-state index in [0.717, 1.165) is 16.6 Å². The molecule has 0 aliphatic carbocycles. The average Bonchev–Trinajstić information content (AvgIpc) is 3.19. The fourth-order valence-electron chi connectivity index (χ4n) is 2.82. The Balaban J connectivity index is 1.70. The summed E-state index contributed by atoms with van der Waals surface area (Å²) in [6, 6.07) is 12.4. The molecule has 0 unspecified atom stereocenters. The summed E-state index contributed by atoms with van der Waals surface area (Å²) in [6.45, 7) is 1.77. The van der Waals surface area contributed by atoms with Crippen LogP contribution in [0.5, 0.6) is 11.5 Å². The number of phenolic OH excluding ortho intramolecular Hbond substituents is 1. The molecule has 0 atom stereocenters. The van der Waals surface area contributed by atoms with Crippen molar-refractivity contribution in [3.8, 4) is 11.5 Å². The van der Waals surface area contributed by atoms with Gasteiger partial charge in [-0.25, -0.2) is 4.98 Å². The third kappa shape index (κ3) is 2.59. The van der Waals surface area contributed by atoms with E-state index in [1.807, 2.05) is 24.3 Å².